The third-order valence-corrected chi connectivity index (χ3v) is 3.94. The number of hydrogen-bond donors (Lipinski definition) is 2. The fraction of sp³-hybridized carbons (Fsp3) is 0.429. The molecule has 0 radical (unpaired) electrons. The maximum absolute atomic E-state index is 12.1. The molecule has 2 N–H and O–H groups in total. The Balaban J connectivity index is 1.97. The number of rotatable bonds is 3. The molecule has 2 atom stereocenters. The van der Waals surface area contributed by atoms with Crippen molar-refractivity contribution in [2.45, 2.75) is 31.7 Å². The molecule has 0 spiro atoms. The Bertz CT molecular complexity index is 489. The molecular weight excluding hydrogens is 310 g/mol. The molecule has 0 aliphatic heterocycles. The van der Waals surface area contributed by atoms with Crippen molar-refractivity contribution in [2.24, 2.45) is 5.92 Å². The largest absolute Gasteiger partial charge is 0.481 e. The SMILES string of the molecule is O=C(NC1CCCC(C(=O)O)C1)c1cccc(Br)c1. The van der Waals surface area contributed by atoms with Gasteiger partial charge in [-0.05, 0) is 37.5 Å². The van der Waals surface area contributed by atoms with Crippen LogP contribution in [0.3, 0.4) is 0 Å². The van der Waals surface area contributed by atoms with Crippen molar-refractivity contribution in [1.29, 1.82) is 0 Å². The molecule has 1 aliphatic carbocycles. The van der Waals surface area contributed by atoms with Gasteiger partial charge in [0.05, 0.1) is 5.92 Å². The van der Waals surface area contributed by atoms with E-state index in [9.17, 15) is 9.59 Å². The van der Waals surface area contributed by atoms with Gasteiger partial charge < -0.3 is 10.4 Å². The molecule has 4 nitrogen and oxygen atoms in total. The second kappa shape index (κ2) is 6.19. The molecule has 1 amide bonds. The molecule has 1 aromatic rings. The summed E-state index contributed by atoms with van der Waals surface area (Å²) < 4.78 is 0.854. The van der Waals surface area contributed by atoms with Gasteiger partial charge in [0, 0.05) is 16.1 Å². The third-order valence-electron chi connectivity index (χ3n) is 3.45. The first-order chi connectivity index (χ1) is 9.06. The van der Waals surface area contributed by atoms with E-state index in [1.54, 1.807) is 18.2 Å². The average molecular weight is 326 g/mol. The summed E-state index contributed by atoms with van der Waals surface area (Å²) >= 11 is 3.33. The van der Waals surface area contributed by atoms with E-state index in [4.69, 9.17) is 5.11 Å². The number of halogens is 1. The van der Waals surface area contributed by atoms with E-state index in [-0.39, 0.29) is 17.9 Å². The summed E-state index contributed by atoms with van der Waals surface area (Å²) in [5, 5.41) is 11.9. The zero-order chi connectivity index (χ0) is 13.8. The molecule has 1 aliphatic rings. The molecule has 19 heavy (non-hydrogen) atoms. The van der Waals surface area contributed by atoms with Crippen LogP contribution >= 0.6 is 15.9 Å². The molecule has 2 rings (SSSR count). The second-order valence-corrected chi connectivity index (χ2v) is 5.80. The Morgan fingerprint density at radius 2 is 2.11 bits per heavy atom. The van der Waals surface area contributed by atoms with Crippen molar-refractivity contribution in [1.82, 2.24) is 5.32 Å². The van der Waals surface area contributed by atoms with Crippen molar-refractivity contribution >= 4 is 27.8 Å². The van der Waals surface area contributed by atoms with Crippen LogP contribution < -0.4 is 5.32 Å². The number of carboxylic acid groups (broad SMARTS) is 1. The maximum Gasteiger partial charge on any atom is 0.306 e. The normalized spacial score (nSPS) is 22.8. The number of carboxylic acids is 1. The van der Waals surface area contributed by atoms with Gasteiger partial charge in [0.15, 0.2) is 0 Å². The summed E-state index contributed by atoms with van der Waals surface area (Å²) in [7, 11) is 0. The molecule has 2 unspecified atom stereocenters. The predicted molar refractivity (Wildman–Crippen MR) is 75.0 cm³/mol. The minimum Gasteiger partial charge on any atom is -0.481 e. The molecule has 1 aromatic carbocycles. The van der Waals surface area contributed by atoms with Crippen LogP contribution in [-0.2, 0) is 4.79 Å². The van der Waals surface area contributed by atoms with Crippen molar-refractivity contribution in [3.05, 3.63) is 34.3 Å². The molecular formula is C14H16BrNO3. The Labute approximate surface area is 120 Å². The Morgan fingerprint density at radius 1 is 1.32 bits per heavy atom. The summed E-state index contributed by atoms with van der Waals surface area (Å²) in [6.45, 7) is 0. The maximum atomic E-state index is 12.1. The highest BCUT2D eigenvalue weighted by Crippen LogP contribution is 2.24. The lowest BCUT2D eigenvalue weighted by atomic mass is 9.85. The van der Waals surface area contributed by atoms with E-state index < -0.39 is 5.97 Å². The van der Waals surface area contributed by atoms with Gasteiger partial charge in [0.25, 0.3) is 5.91 Å². The summed E-state index contributed by atoms with van der Waals surface area (Å²) in [5.41, 5.74) is 0.590. The number of amides is 1. The van der Waals surface area contributed by atoms with Gasteiger partial charge in [-0.2, -0.15) is 0 Å². The van der Waals surface area contributed by atoms with Gasteiger partial charge in [-0.1, -0.05) is 28.4 Å². The molecule has 0 bridgehead atoms. The van der Waals surface area contributed by atoms with Crippen molar-refractivity contribution < 1.29 is 14.7 Å². The quantitative estimate of drug-likeness (QED) is 0.898. The smallest absolute Gasteiger partial charge is 0.306 e. The first kappa shape index (κ1) is 14.1. The number of carbonyl (C=O) groups is 2. The number of aliphatic carboxylic acids is 1. The van der Waals surface area contributed by atoms with Crippen LogP contribution in [0.4, 0.5) is 0 Å². The van der Waals surface area contributed by atoms with Crippen molar-refractivity contribution in [3.8, 4) is 0 Å². The van der Waals surface area contributed by atoms with Crippen LogP contribution in [0.25, 0.3) is 0 Å². The molecule has 102 valence electrons. The highest BCUT2D eigenvalue weighted by atomic mass is 79.9. The summed E-state index contributed by atoms with van der Waals surface area (Å²) in [5.74, 6) is -1.24. The van der Waals surface area contributed by atoms with E-state index in [1.807, 2.05) is 6.07 Å². The summed E-state index contributed by atoms with van der Waals surface area (Å²) in [6, 6.07) is 7.13. The number of carbonyl (C=O) groups excluding carboxylic acids is 1. The fourth-order valence-corrected chi connectivity index (χ4v) is 2.84. The number of hydrogen-bond acceptors (Lipinski definition) is 2. The van der Waals surface area contributed by atoms with Gasteiger partial charge in [0.2, 0.25) is 0 Å². The van der Waals surface area contributed by atoms with E-state index >= 15 is 0 Å². The van der Waals surface area contributed by atoms with Crippen LogP contribution in [0, 0.1) is 5.92 Å². The van der Waals surface area contributed by atoms with Gasteiger partial charge in [-0.3, -0.25) is 9.59 Å². The number of nitrogens with one attached hydrogen (secondary N) is 1. The van der Waals surface area contributed by atoms with Crippen LogP contribution in [-0.4, -0.2) is 23.0 Å². The lowest BCUT2D eigenvalue weighted by molar-refractivity contribution is -0.143. The van der Waals surface area contributed by atoms with Crippen molar-refractivity contribution in [2.75, 3.05) is 0 Å². The van der Waals surface area contributed by atoms with E-state index in [0.29, 0.717) is 18.4 Å². The zero-order valence-electron chi connectivity index (χ0n) is 10.4. The Kier molecular flexibility index (Phi) is 4.58. The second-order valence-electron chi connectivity index (χ2n) is 4.88. The van der Waals surface area contributed by atoms with Crippen LogP contribution in [0.15, 0.2) is 28.7 Å². The molecule has 0 saturated heterocycles. The highest BCUT2D eigenvalue weighted by Gasteiger charge is 2.27. The van der Waals surface area contributed by atoms with E-state index in [0.717, 1.165) is 17.3 Å². The minimum absolute atomic E-state index is 0.0404. The predicted octanol–water partition coefficient (Wildman–Crippen LogP) is 2.82. The summed E-state index contributed by atoms with van der Waals surface area (Å²) in [6.07, 6.45) is 2.93. The van der Waals surface area contributed by atoms with Crippen LogP contribution in [0.2, 0.25) is 0 Å². The third kappa shape index (κ3) is 3.80. The molecule has 0 heterocycles. The van der Waals surface area contributed by atoms with Crippen LogP contribution in [0.1, 0.15) is 36.0 Å². The Morgan fingerprint density at radius 3 is 2.79 bits per heavy atom. The number of benzene rings is 1. The standard InChI is InChI=1S/C14H16BrNO3/c15-11-5-1-3-9(7-11)13(17)16-12-6-2-4-10(8-12)14(18)19/h1,3,5,7,10,12H,2,4,6,8H2,(H,16,17)(H,18,19). The first-order valence-electron chi connectivity index (χ1n) is 6.35. The topological polar surface area (TPSA) is 66.4 Å². The lowest BCUT2D eigenvalue weighted by Crippen LogP contribution is -2.39. The Hall–Kier alpha value is -1.36. The van der Waals surface area contributed by atoms with Crippen LogP contribution in [0.5, 0.6) is 0 Å². The van der Waals surface area contributed by atoms with E-state index in [1.165, 1.54) is 0 Å². The minimum atomic E-state index is -0.763. The molecule has 1 fully saturated rings. The van der Waals surface area contributed by atoms with Gasteiger partial charge >= 0.3 is 5.97 Å². The molecule has 1 saturated carbocycles. The summed E-state index contributed by atoms with van der Waals surface area (Å²) in [4.78, 5) is 23.0. The first-order valence-corrected chi connectivity index (χ1v) is 7.15. The lowest BCUT2D eigenvalue weighted by Gasteiger charge is -2.27. The van der Waals surface area contributed by atoms with Gasteiger partial charge in [-0.25, -0.2) is 0 Å². The van der Waals surface area contributed by atoms with E-state index in [2.05, 4.69) is 21.2 Å². The molecule has 0 aromatic heterocycles. The van der Waals surface area contributed by atoms with Crippen molar-refractivity contribution in [3.63, 3.8) is 0 Å². The van der Waals surface area contributed by atoms with Gasteiger partial charge in [0.1, 0.15) is 0 Å². The van der Waals surface area contributed by atoms with Gasteiger partial charge in [-0.15, -0.1) is 0 Å². The fourth-order valence-electron chi connectivity index (χ4n) is 2.44. The highest BCUT2D eigenvalue weighted by molar-refractivity contribution is 9.10. The monoisotopic (exact) mass is 325 g/mol. The zero-order valence-corrected chi connectivity index (χ0v) is 12.0. The average Bonchev–Trinajstić information content (AvgIpc) is 2.39. The molecule has 5 heteroatoms.